The summed E-state index contributed by atoms with van der Waals surface area (Å²) in [5, 5.41) is 0.345. The minimum atomic E-state index is -2.51. The highest BCUT2D eigenvalue weighted by Crippen LogP contribution is 2.34. The predicted molar refractivity (Wildman–Crippen MR) is 66.6 cm³/mol. The van der Waals surface area contributed by atoms with E-state index in [-0.39, 0.29) is 0 Å². The molecule has 0 amide bonds. The third kappa shape index (κ3) is 2.93. The van der Waals surface area contributed by atoms with Gasteiger partial charge in [-0.25, -0.2) is 0 Å². The number of rotatable bonds is 6. The van der Waals surface area contributed by atoms with Gasteiger partial charge in [0.2, 0.25) is 9.04 Å². The zero-order chi connectivity index (χ0) is 12.0. The third-order valence-electron chi connectivity index (χ3n) is 3.18. The average molecular weight is 263 g/mol. The van der Waals surface area contributed by atoms with Crippen LogP contribution in [0, 0.1) is 0 Å². The van der Waals surface area contributed by atoms with Crippen LogP contribution in [0.25, 0.3) is 0 Å². The second kappa shape index (κ2) is 6.88. The summed E-state index contributed by atoms with van der Waals surface area (Å²) >= 11 is 0. The lowest BCUT2D eigenvalue weighted by atomic mass is 10.4. The van der Waals surface area contributed by atoms with Crippen molar-refractivity contribution in [2.24, 2.45) is 0 Å². The molecule has 6 heteroatoms. The van der Waals surface area contributed by atoms with Gasteiger partial charge in [0.15, 0.2) is 0 Å². The molecule has 0 aromatic carbocycles. The van der Waals surface area contributed by atoms with Gasteiger partial charge in [0, 0.05) is 33.1 Å². The smallest absolute Gasteiger partial charge is 0.416 e. The van der Waals surface area contributed by atoms with Crippen molar-refractivity contribution < 1.29 is 17.7 Å². The molecule has 0 aromatic rings. The molecule has 1 heterocycles. The van der Waals surface area contributed by atoms with Crippen LogP contribution in [-0.2, 0) is 17.7 Å². The van der Waals surface area contributed by atoms with Crippen LogP contribution >= 0.6 is 0 Å². The Morgan fingerprint density at radius 3 is 2.19 bits per heavy atom. The van der Waals surface area contributed by atoms with Gasteiger partial charge in [-0.3, -0.25) is 0 Å². The molecule has 0 N–H and O–H groups in total. The summed E-state index contributed by atoms with van der Waals surface area (Å²) < 4.78 is 22.7. The van der Waals surface area contributed by atoms with Gasteiger partial charge in [-0.1, -0.05) is 13.3 Å². The molecule has 1 aliphatic rings. The fraction of sp³-hybridized carbons (Fsp3) is 1.00. The van der Waals surface area contributed by atoms with Crippen LogP contribution in [0.2, 0.25) is 11.2 Å². The Labute approximate surface area is 101 Å². The Morgan fingerprint density at radius 2 is 1.81 bits per heavy atom. The Balaban J connectivity index is 2.76. The van der Waals surface area contributed by atoms with Crippen molar-refractivity contribution in [1.82, 2.24) is 0 Å². The zero-order valence-corrected chi connectivity index (χ0v) is 12.7. The maximum atomic E-state index is 5.94. The highest BCUT2D eigenvalue weighted by atomic mass is 28.4. The van der Waals surface area contributed by atoms with Crippen molar-refractivity contribution in [2.45, 2.75) is 37.4 Å². The standard InChI is InChI=1S/C10H23O4Si2/c1-5-10(15-9-7-6-8-14-15)16(11-2,12-3)13-4/h10H,5-9H2,1-4H3. The summed E-state index contributed by atoms with van der Waals surface area (Å²) in [7, 11) is 1.71. The largest absolute Gasteiger partial charge is 0.502 e. The molecule has 16 heavy (non-hydrogen) atoms. The highest BCUT2D eigenvalue weighted by molar-refractivity contribution is 6.78. The van der Waals surface area contributed by atoms with Crippen molar-refractivity contribution in [2.75, 3.05) is 27.9 Å². The van der Waals surface area contributed by atoms with E-state index in [2.05, 4.69) is 6.92 Å². The van der Waals surface area contributed by atoms with Gasteiger partial charge in [0.25, 0.3) is 0 Å². The lowest BCUT2D eigenvalue weighted by Gasteiger charge is -2.36. The maximum Gasteiger partial charge on any atom is 0.502 e. The number of hydrogen-bond donors (Lipinski definition) is 0. The van der Waals surface area contributed by atoms with Crippen molar-refractivity contribution in [3.05, 3.63) is 0 Å². The minimum Gasteiger partial charge on any atom is -0.416 e. The molecule has 4 nitrogen and oxygen atoms in total. The highest BCUT2D eigenvalue weighted by Gasteiger charge is 2.51. The van der Waals surface area contributed by atoms with Crippen LogP contribution in [0.1, 0.15) is 26.2 Å². The maximum absolute atomic E-state index is 5.94. The SMILES string of the molecule is CCC([Si]1CCCCO1)[Si](OC)(OC)OC. The summed E-state index contributed by atoms with van der Waals surface area (Å²) in [6.45, 7) is 3.06. The molecule has 1 radical (unpaired) electrons. The summed E-state index contributed by atoms with van der Waals surface area (Å²) in [6.07, 6.45) is 3.47. The van der Waals surface area contributed by atoms with E-state index in [0.29, 0.717) is 5.16 Å². The van der Waals surface area contributed by atoms with E-state index < -0.39 is 17.8 Å². The Morgan fingerprint density at radius 1 is 1.19 bits per heavy atom. The van der Waals surface area contributed by atoms with Crippen LogP contribution < -0.4 is 0 Å². The van der Waals surface area contributed by atoms with Crippen LogP contribution in [-0.4, -0.2) is 45.8 Å². The second-order valence-electron chi connectivity index (χ2n) is 3.95. The summed E-state index contributed by atoms with van der Waals surface area (Å²) in [5.41, 5.74) is 0. The molecule has 1 saturated heterocycles. The van der Waals surface area contributed by atoms with Gasteiger partial charge in [0.05, 0.1) is 0 Å². The van der Waals surface area contributed by atoms with E-state index in [4.69, 9.17) is 17.7 Å². The molecular weight excluding hydrogens is 240 g/mol. The quantitative estimate of drug-likeness (QED) is 0.687. The van der Waals surface area contributed by atoms with Crippen LogP contribution in [0.3, 0.4) is 0 Å². The fourth-order valence-electron chi connectivity index (χ4n) is 2.30. The lowest BCUT2D eigenvalue weighted by molar-refractivity contribution is 0.115. The summed E-state index contributed by atoms with van der Waals surface area (Å²) in [4.78, 5) is 0. The Bertz CT molecular complexity index is 185. The molecule has 1 atom stereocenters. The normalized spacial score (nSPS) is 21.0. The molecule has 0 aromatic heterocycles. The molecular formula is C10H23O4Si2. The average Bonchev–Trinajstić information content (AvgIpc) is 2.37. The molecule has 0 saturated carbocycles. The molecule has 1 aliphatic heterocycles. The van der Waals surface area contributed by atoms with E-state index in [1.54, 1.807) is 21.3 Å². The number of hydrogen-bond acceptors (Lipinski definition) is 4. The van der Waals surface area contributed by atoms with E-state index in [1.807, 2.05) is 0 Å². The van der Waals surface area contributed by atoms with Gasteiger partial charge in [-0.05, 0) is 18.9 Å². The minimum absolute atomic E-state index is 0.345. The van der Waals surface area contributed by atoms with E-state index in [9.17, 15) is 0 Å². The van der Waals surface area contributed by atoms with Gasteiger partial charge in [-0.15, -0.1) is 0 Å². The zero-order valence-electron chi connectivity index (χ0n) is 10.7. The van der Waals surface area contributed by atoms with Gasteiger partial charge in [0.1, 0.15) is 0 Å². The van der Waals surface area contributed by atoms with Gasteiger partial charge >= 0.3 is 8.80 Å². The van der Waals surface area contributed by atoms with Gasteiger partial charge in [-0.2, -0.15) is 0 Å². The van der Waals surface area contributed by atoms with Crippen LogP contribution in [0.15, 0.2) is 0 Å². The van der Waals surface area contributed by atoms with Crippen LogP contribution in [0.5, 0.6) is 0 Å². The first kappa shape index (κ1) is 14.3. The third-order valence-corrected chi connectivity index (χ3v) is 10.8. The molecule has 1 rings (SSSR count). The summed E-state index contributed by atoms with van der Waals surface area (Å²) in [6, 6.07) is 1.19. The van der Waals surface area contributed by atoms with E-state index >= 15 is 0 Å². The van der Waals surface area contributed by atoms with Gasteiger partial charge < -0.3 is 17.7 Å². The molecule has 0 aliphatic carbocycles. The first-order valence-electron chi connectivity index (χ1n) is 5.88. The van der Waals surface area contributed by atoms with E-state index in [1.165, 1.54) is 18.9 Å². The monoisotopic (exact) mass is 263 g/mol. The second-order valence-corrected chi connectivity index (χ2v) is 10.1. The Kier molecular flexibility index (Phi) is 6.16. The van der Waals surface area contributed by atoms with E-state index in [0.717, 1.165) is 13.0 Å². The summed E-state index contributed by atoms with van der Waals surface area (Å²) in [5.74, 6) is 0. The molecule has 0 spiro atoms. The lowest BCUT2D eigenvalue weighted by Crippen LogP contribution is -2.54. The molecule has 1 fully saturated rings. The van der Waals surface area contributed by atoms with Crippen molar-refractivity contribution in [1.29, 1.82) is 0 Å². The first-order valence-corrected chi connectivity index (χ1v) is 9.37. The van der Waals surface area contributed by atoms with Crippen LogP contribution in [0.4, 0.5) is 0 Å². The molecule has 1 unspecified atom stereocenters. The van der Waals surface area contributed by atoms with Crippen molar-refractivity contribution in [3.63, 3.8) is 0 Å². The molecule has 0 bridgehead atoms. The van der Waals surface area contributed by atoms with Crippen molar-refractivity contribution >= 4 is 17.8 Å². The fourth-order valence-corrected chi connectivity index (χ4v) is 9.63. The predicted octanol–water partition coefficient (Wildman–Crippen LogP) is 1.99. The molecule has 95 valence electrons. The Hall–Kier alpha value is 0.274. The van der Waals surface area contributed by atoms with Crippen molar-refractivity contribution in [3.8, 4) is 0 Å². The first-order chi connectivity index (χ1) is 7.74. The topological polar surface area (TPSA) is 36.9 Å².